The lowest BCUT2D eigenvalue weighted by Crippen LogP contribution is -2.50. The van der Waals surface area contributed by atoms with Crippen LogP contribution in [-0.2, 0) is 38.5 Å². The Labute approximate surface area is 227 Å². The monoisotopic (exact) mass is 535 g/mol. The molecule has 1 aliphatic carbocycles. The van der Waals surface area contributed by atoms with Crippen molar-refractivity contribution in [2.24, 2.45) is 11.8 Å². The number of esters is 1. The van der Waals surface area contributed by atoms with E-state index in [4.69, 9.17) is 16.3 Å². The number of nitrogens with zero attached hydrogens (tertiary/aromatic N) is 1. The first kappa shape index (κ1) is 26.3. The zero-order chi connectivity index (χ0) is 26.6. The number of carbonyl (C=O) groups excluding carboxylic acids is 3. The van der Waals surface area contributed by atoms with Crippen LogP contribution in [-0.4, -0.2) is 46.9 Å². The Morgan fingerprint density at radius 1 is 1.08 bits per heavy atom. The molecule has 1 fully saturated rings. The molecule has 2 heterocycles. The molecule has 7 nitrogen and oxygen atoms in total. The Morgan fingerprint density at radius 3 is 2.58 bits per heavy atom. The summed E-state index contributed by atoms with van der Waals surface area (Å²) in [5.41, 5.74) is 4.31. The zero-order valence-corrected chi connectivity index (χ0v) is 22.4. The minimum Gasteiger partial charge on any atom is -0.464 e. The van der Waals surface area contributed by atoms with Crippen molar-refractivity contribution < 1.29 is 19.1 Å². The molecule has 0 bridgehead atoms. The maximum Gasteiger partial charge on any atom is 0.328 e. The summed E-state index contributed by atoms with van der Waals surface area (Å²) in [5, 5.41) is 4.75. The van der Waals surface area contributed by atoms with Crippen LogP contribution in [0.5, 0.6) is 0 Å². The van der Waals surface area contributed by atoms with Crippen LogP contribution in [0.3, 0.4) is 0 Å². The van der Waals surface area contributed by atoms with E-state index in [2.05, 4.69) is 22.4 Å². The first-order chi connectivity index (χ1) is 18.4. The van der Waals surface area contributed by atoms with Crippen molar-refractivity contribution in [1.29, 1.82) is 0 Å². The Morgan fingerprint density at radius 2 is 1.82 bits per heavy atom. The Kier molecular flexibility index (Phi) is 8.03. The summed E-state index contributed by atoms with van der Waals surface area (Å²) in [6.45, 7) is 3.13. The number of hydrogen-bond acceptors (Lipinski definition) is 4. The highest BCUT2D eigenvalue weighted by Gasteiger charge is 2.40. The van der Waals surface area contributed by atoms with Crippen LogP contribution in [0, 0.1) is 11.8 Å². The standard InChI is InChI=1S/C30H34ClN3O4/c1-2-38-30(37)26(17-19-11-13-20(31)14-12-19)33-28(35)23-8-3-4-9-24(23)29(36)34-16-15-22-21-7-5-6-10-25(21)32-27(22)18-34/h5-7,10-14,23-24,26,32H,2-4,8-9,15-18H2,1H3,(H,33,35). The fourth-order valence-electron chi connectivity index (χ4n) is 5.93. The van der Waals surface area contributed by atoms with Crippen molar-refractivity contribution in [3.05, 3.63) is 70.4 Å². The van der Waals surface area contributed by atoms with Crippen LogP contribution in [0.2, 0.25) is 5.02 Å². The zero-order valence-electron chi connectivity index (χ0n) is 21.7. The van der Waals surface area contributed by atoms with Gasteiger partial charge in [0.15, 0.2) is 0 Å². The van der Waals surface area contributed by atoms with E-state index in [-0.39, 0.29) is 18.4 Å². The number of nitrogens with one attached hydrogen (secondary N) is 2. The summed E-state index contributed by atoms with van der Waals surface area (Å²) in [4.78, 5) is 45.4. The fraction of sp³-hybridized carbons (Fsp3) is 0.433. The first-order valence-corrected chi connectivity index (χ1v) is 13.9. The third-order valence-corrected chi connectivity index (χ3v) is 8.11. The number of fused-ring (bicyclic) bond motifs is 3. The maximum atomic E-state index is 13.8. The van der Waals surface area contributed by atoms with Gasteiger partial charge in [0.05, 0.1) is 13.2 Å². The average Bonchev–Trinajstić information content (AvgIpc) is 3.31. The maximum absolute atomic E-state index is 13.8. The van der Waals surface area contributed by atoms with Gasteiger partial charge in [-0.05, 0) is 55.5 Å². The molecule has 2 N–H and O–H groups in total. The average molecular weight is 536 g/mol. The number of para-hydroxylation sites is 1. The molecule has 3 unspecified atom stereocenters. The molecule has 200 valence electrons. The second kappa shape index (κ2) is 11.6. The van der Waals surface area contributed by atoms with Crippen molar-refractivity contribution >= 4 is 40.3 Å². The van der Waals surface area contributed by atoms with Crippen molar-refractivity contribution in [3.8, 4) is 0 Å². The van der Waals surface area contributed by atoms with E-state index in [0.29, 0.717) is 37.4 Å². The number of rotatable bonds is 7. The normalized spacial score (nSPS) is 20.0. The summed E-state index contributed by atoms with van der Waals surface area (Å²) < 4.78 is 5.26. The molecular formula is C30H34ClN3O4. The summed E-state index contributed by atoms with van der Waals surface area (Å²) >= 11 is 6.01. The molecule has 3 aromatic rings. The molecule has 1 aliphatic heterocycles. The Bertz CT molecular complexity index is 1320. The second-order valence-electron chi connectivity index (χ2n) is 10.3. The fourth-order valence-corrected chi connectivity index (χ4v) is 6.05. The molecule has 0 radical (unpaired) electrons. The summed E-state index contributed by atoms with van der Waals surface area (Å²) in [6, 6.07) is 14.6. The van der Waals surface area contributed by atoms with Crippen LogP contribution < -0.4 is 5.32 Å². The molecule has 8 heteroatoms. The molecule has 2 aromatic carbocycles. The molecule has 0 spiro atoms. The van der Waals surface area contributed by atoms with Crippen molar-refractivity contribution in [1.82, 2.24) is 15.2 Å². The molecular weight excluding hydrogens is 502 g/mol. The lowest BCUT2D eigenvalue weighted by Gasteiger charge is -2.36. The predicted octanol–water partition coefficient (Wildman–Crippen LogP) is 4.80. The van der Waals surface area contributed by atoms with E-state index in [1.165, 1.54) is 10.9 Å². The number of hydrogen-bond donors (Lipinski definition) is 2. The van der Waals surface area contributed by atoms with Gasteiger partial charge in [0, 0.05) is 46.4 Å². The van der Waals surface area contributed by atoms with Gasteiger partial charge in [-0.3, -0.25) is 9.59 Å². The van der Waals surface area contributed by atoms with Gasteiger partial charge in [0.1, 0.15) is 6.04 Å². The smallest absolute Gasteiger partial charge is 0.328 e. The van der Waals surface area contributed by atoms with Gasteiger partial charge in [-0.25, -0.2) is 4.79 Å². The minimum atomic E-state index is -0.829. The number of halogens is 1. The van der Waals surface area contributed by atoms with Crippen LogP contribution in [0.25, 0.3) is 10.9 Å². The highest BCUT2D eigenvalue weighted by Crippen LogP contribution is 2.34. The molecule has 1 aromatic heterocycles. The molecule has 0 saturated heterocycles. The van der Waals surface area contributed by atoms with E-state index < -0.39 is 23.8 Å². The van der Waals surface area contributed by atoms with E-state index in [9.17, 15) is 14.4 Å². The summed E-state index contributed by atoms with van der Waals surface area (Å²) in [7, 11) is 0. The van der Waals surface area contributed by atoms with Gasteiger partial charge in [-0.2, -0.15) is 0 Å². The van der Waals surface area contributed by atoms with Crippen molar-refractivity contribution in [3.63, 3.8) is 0 Å². The quantitative estimate of drug-likeness (QED) is 0.425. The molecule has 2 aliphatic rings. The van der Waals surface area contributed by atoms with E-state index in [1.807, 2.05) is 29.2 Å². The number of H-pyrrole nitrogens is 1. The molecule has 2 amide bonds. The SMILES string of the molecule is CCOC(=O)C(Cc1ccc(Cl)cc1)NC(=O)C1CCCCC1C(=O)N1CCc2c([nH]c3ccccc23)C1. The topological polar surface area (TPSA) is 91.5 Å². The number of amides is 2. The van der Waals surface area contributed by atoms with Crippen molar-refractivity contribution in [2.45, 2.75) is 58.0 Å². The van der Waals surface area contributed by atoms with Gasteiger partial charge in [-0.1, -0.05) is 54.8 Å². The minimum absolute atomic E-state index is 0.0274. The first-order valence-electron chi connectivity index (χ1n) is 13.5. The number of ether oxygens (including phenoxy) is 1. The van der Waals surface area contributed by atoms with E-state index in [1.54, 1.807) is 19.1 Å². The highest BCUT2D eigenvalue weighted by molar-refractivity contribution is 6.30. The highest BCUT2D eigenvalue weighted by atomic mass is 35.5. The van der Waals surface area contributed by atoms with Crippen molar-refractivity contribution in [2.75, 3.05) is 13.2 Å². The molecule has 38 heavy (non-hydrogen) atoms. The van der Waals surface area contributed by atoms with Gasteiger partial charge >= 0.3 is 5.97 Å². The largest absolute Gasteiger partial charge is 0.464 e. The number of benzene rings is 2. The van der Waals surface area contributed by atoms with E-state index in [0.717, 1.165) is 36.0 Å². The number of carbonyl (C=O) groups is 3. The molecule has 5 rings (SSSR count). The summed E-state index contributed by atoms with van der Waals surface area (Å²) in [5.74, 6) is -1.56. The van der Waals surface area contributed by atoms with Crippen LogP contribution in [0.1, 0.15) is 49.4 Å². The lowest BCUT2D eigenvalue weighted by atomic mass is 9.77. The van der Waals surface area contributed by atoms with Crippen LogP contribution >= 0.6 is 11.6 Å². The summed E-state index contributed by atoms with van der Waals surface area (Å²) in [6.07, 6.45) is 4.19. The van der Waals surface area contributed by atoms with Gasteiger partial charge in [0.2, 0.25) is 11.8 Å². The van der Waals surface area contributed by atoms with Crippen LogP contribution in [0.4, 0.5) is 0 Å². The van der Waals surface area contributed by atoms with Crippen LogP contribution in [0.15, 0.2) is 48.5 Å². The molecule has 3 atom stereocenters. The van der Waals surface area contributed by atoms with Gasteiger partial charge in [0.25, 0.3) is 0 Å². The lowest BCUT2D eigenvalue weighted by molar-refractivity contribution is -0.149. The predicted molar refractivity (Wildman–Crippen MR) is 147 cm³/mol. The number of aromatic nitrogens is 1. The van der Waals surface area contributed by atoms with E-state index >= 15 is 0 Å². The third kappa shape index (κ3) is 5.58. The van der Waals surface area contributed by atoms with Gasteiger partial charge in [-0.15, -0.1) is 0 Å². The Hall–Kier alpha value is -3.32. The molecule has 1 saturated carbocycles. The number of aromatic amines is 1. The third-order valence-electron chi connectivity index (χ3n) is 7.86. The Balaban J connectivity index is 1.30. The second-order valence-corrected chi connectivity index (χ2v) is 10.7. The van der Waals surface area contributed by atoms with Gasteiger partial charge < -0.3 is 19.9 Å².